The third kappa shape index (κ3) is 4.12. The van der Waals surface area contributed by atoms with E-state index in [0.717, 1.165) is 0 Å². The first kappa shape index (κ1) is 16.6. The molecule has 1 aromatic heterocycles. The maximum Gasteiger partial charge on any atom is 0.272 e. The summed E-state index contributed by atoms with van der Waals surface area (Å²) in [4.78, 5) is 33.8. The van der Waals surface area contributed by atoms with Crippen molar-refractivity contribution < 1.29 is 9.59 Å². The van der Waals surface area contributed by atoms with E-state index in [1.54, 1.807) is 35.4 Å². The predicted molar refractivity (Wildman–Crippen MR) is 89.0 cm³/mol. The lowest BCUT2D eigenvalue weighted by atomic mass is 10.1. The van der Waals surface area contributed by atoms with E-state index in [2.05, 4.69) is 15.3 Å². The third-order valence-corrected chi connectivity index (χ3v) is 3.45. The first-order chi connectivity index (χ1) is 11.0. The van der Waals surface area contributed by atoms with Gasteiger partial charge in [0.15, 0.2) is 5.78 Å². The molecule has 0 radical (unpaired) electrons. The Kier molecular flexibility index (Phi) is 5.41. The maximum atomic E-state index is 12.3. The summed E-state index contributed by atoms with van der Waals surface area (Å²) in [6, 6.07) is 8.66. The molecule has 1 heterocycles. The molecule has 1 aromatic carbocycles. The first-order valence-electron chi connectivity index (χ1n) is 7.55. The van der Waals surface area contributed by atoms with Crippen molar-refractivity contribution in [2.45, 2.75) is 20.8 Å². The number of aromatic nitrogens is 2. The number of carbonyl (C=O) groups excluding carboxylic acids is 2. The van der Waals surface area contributed by atoms with Crippen molar-refractivity contribution >= 4 is 23.3 Å². The Labute approximate surface area is 135 Å². The standard InChI is InChI=1S/C17H20N4O2/c1-4-21(5-2)16(23)15-9-10-18-17(20-15)19-14-8-6-7-13(11-14)12(3)22/h6-11H,4-5H2,1-3H3,(H,18,19,20). The van der Waals surface area contributed by atoms with Gasteiger partial charge in [0.2, 0.25) is 5.95 Å². The normalized spacial score (nSPS) is 10.2. The lowest BCUT2D eigenvalue weighted by Crippen LogP contribution is -2.31. The fraction of sp³-hybridized carbons (Fsp3) is 0.294. The van der Waals surface area contributed by atoms with E-state index in [1.165, 1.54) is 6.92 Å². The van der Waals surface area contributed by atoms with Crippen molar-refractivity contribution in [1.29, 1.82) is 0 Å². The predicted octanol–water partition coefficient (Wildman–Crippen LogP) is 2.90. The van der Waals surface area contributed by atoms with Crippen molar-refractivity contribution in [3.63, 3.8) is 0 Å². The van der Waals surface area contributed by atoms with Crippen LogP contribution < -0.4 is 5.32 Å². The highest BCUT2D eigenvalue weighted by Gasteiger charge is 2.14. The number of amides is 1. The number of nitrogens with zero attached hydrogens (tertiary/aromatic N) is 3. The van der Waals surface area contributed by atoms with Gasteiger partial charge in [-0.05, 0) is 39.0 Å². The molecule has 0 unspecified atom stereocenters. The van der Waals surface area contributed by atoms with E-state index in [9.17, 15) is 9.59 Å². The summed E-state index contributed by atoms with van der Waals surface area (Å²) >= 11 is 0. The summed E-state index contributed by atoms with van der Waals surface area (Å²) in [7, 11) is 0. The van der Waals surface area contributed by atoms with E-state index < -0.39 is 0 Å². The topological polar surface area (TPSA) is 75.2 Å². The van der Waals surface area contributed by atoms with Gasteiger partial charge in [0.05, 0.1) is 0 Å². The van der Waals surface area contributed by atoms with Crippen LogP contribution in [0.15, 0.2) is 36.5 Å². The summed E-state index contributed by atoms with van der Waals surface area (Å²) in [6.45, 7) is 6.62. The quantitative estimate of drug-likeness (QED) is 0.830. The number of benzene rings is 1. The molecule has 0 atom stereocenters. The van der Waals surface area contributed by atoms with Gasteiger partial charge in [-0.15, -0.1) is 0 Å². The molecule has 0 aliphatic rings. The average molecular weight is 312 g/mol. The number of rotatable bonds is 6. The summed E-state index contributed by atoms with van der Waals surface area (Å²) in [6.07, 6.45) is 1.54. The van der Waals surface area contributed by atoms with Crippen LogP contribution in [0.5, 0.6) is 0 Å². The van der Waals surface area contributed by atoms with Gasteiger partial charge in [-0.2, -0.15) is 0 Å². The molecule has 120 valence electrons. The third-order valence-electron chi connectivity index (χ3n) is 3.45. The molecule has 0 fully saturated rings. The van der Waals surface area contributed by atoms with Crippen LogP contribution in [0.2, 0.25) is 0 Å². The van der Waals surface area contributed by atoms with Crippen LogP contribution in [0, 0.1) is 0 Å². The van der Waals surface area contributed by atoms with Crippen molar-refractivity contribution in [3.05, 3.63) is 47.8 Å². The van der Waals surface area contributed by atoms with Gasteiger partial charge in [0.25, 0.3) is 5.91 Å². The highest BCUT2D eigenvalue weighted by molar-refractivity contribution is 5.95. The monoisotopic (exact) mass is 312 g/mol. The minimum absolute atomic E-state index is 0.0139. The van der Waals surface area contributed by atoms with Crippen LogP contribution in [0.1, 0.15) is 41.6 Å². The molecule has 0 saturated heterocycles. The highest BCUT2D eigenvalue weighted by atomic mass is 16.2. The molecule has 2 rings (SSSR count). The van der Waals surface area contributed by atoms with Crippen LogP contribution in [0.3, 0.4) is 0 Å². The van der Waals surface area contributed by atoms with Crippen LogP contribution in [-0.2, 0) is 0 Å². The van der Waals surface area contributed by atoms with Gasteiger partial charge in [0.1, 0.15) is 5.69 Å². The molecule has 0 spiro atoms. The largest absolute Gasteiger partial charge is 0.338 e. The van der Waals surface area contributed by atoms with Gasteiger partial charge >= 0.3 is 0 Å². The highest BCUT2D eigenvalue weighted by Crippen LogP contribution is 2.15. The molecular formula is C17H20N4O2. The summed E-state index contributed by atoms with van der Waals surface area (Å²) < 4.78 is 0. The number of hydrogen-bond donors (Lipinski definition) is 1. The smallest absolute Gasteiger partial charge is 0.272 e. The summed E-state index contributed by atoms with van der Waals surface area (Å²) in [5.74, 6) is 0.182. The number of anilines is 2. The second-order valence-electron chi connectivity index (χ2n) is 5.00. The van der Waals surface area contributed by atoms with Crippen molar-refractivity contribution in [2.75, 3.05) is 18.4 Å². The molecule has 6 heteroatoms. The molecule has 0 aliphatic carbocycles. The zero-order valence-electron chi connectivity index (χ0n) is 13.5. The Morgan fingerprint density at radius 2 is 1.91 bits per heavy atom. The van der Waals surface area contributed by atoms with Gasteiger partial charge in [-0.25, -0.2) is 9.97 Å². The molecule has 1 N–H and O–H groups in total. The molecule has 0 saturated carbocycles. The minimum Gasteiger partial charge on any atom is -0.338 e. The fourth-order valence-corrected chi connectivity index (χ4v) is 2.16. The van der Waals surface area contributed by atoms with Crippen LogP contribution >= 0.6 is 0 Å². The lowest BCUT2D eigenvalue weighted by molar-refractivity contribution is 0.0767. The van der Waals surface area contributed by atoms with E-state index >= 15 is 0 Å². The Morgan fingerprint density at radius 3 is 2.57 bits per heavy atom. The Hall–Kier alpha value is -2.76. The molecule has 2 aromatic rings. The van der Waals surface area contributed by atoms with Crippen LogP contribution in [0.25, 0.3) is 0 Å². The second-order valence-corrected chi connectivity index (χ2v) is 5.00. The maximum absolute atomic E-state index is 12.3. The lowest BCUT2D eigenvalue weighted by Gasteiger charge is -2.18. The molecule has 1 amide bonds. The number of carbonyl (C=O) groups is 2. The van der Waals surface area contributed by atoms with Gasteiger partial charge in [-0.3, -0.25) is 9.59 Å². The number of hydrogen-bond acceptors (Lipinski definition) is 5. The molecule has 6 nitrogen and oxygen atoms in total. The van der Waals surface area contributed by atoms with E-state index in [4.69, 9.17) is 0 Å². The molecule has 23 heavy (non-hydrogen) atoms. The first-order valence-corrected chi connectivity index (χ1v) is 7.55. The zero-order valence-corrected chi connectivity index (χ0v) is 13.5. The number of nitrogens with one attached hydrogen (secondary N) is 1. The minimum atomic E-state index is -0.127. The Morgan fingerprint density at radius 1 is 1.17 bits per heavy atom. The zero-order chi connectivity index (χ0) is 16.8. The number of Topliss-reactive ketones (excluding diaryl/α,β-unsaturated/α-hetero) is 1. The second kappa shape index (κ2) is 7.49. The van der Waals surface area contributed by atoms with E-state index in [0.29, 0.717) is 36.0 Å². The van der Waals surface area contributed by atoms with Crippen LogP contribution in [0.4, 0.5) is 11.6 Å². The van der Waals surface area contributed by atoms with Crippen molar-refractivity contribution in [3.8, 4) is 0 Å². The van der Waals surface area contributed by atoms with E-state index in [-0.39, 0.29) is 11.7 Å². The fourth-order valence-electron chi connectivity index (χ4n) is 2.16. The van der Waals surface area contributed by atoms with Crippen LogP contribution in [-0.4, -0.2) is 39.6 Å². The van der Waals surface area contributed by atoms with Gasteiger partial charge in [0, 0.05) is 30.5 Å². The average Bonchev–Trinajstić information content (AvgIpc) is 2.56. The molecule has 0 bridgehead atoms. The summed E-state index contributed by atoms with van der Waals surface area (Å²) in [5.41, 5.74) is 1.64. The van der Waals surface area contributed by atoms with Gasteiger partial charge < -0.3 is 10.2 Å². The Balaban J connectivity index is 2.22. The Bertz CT molecular complexity index is 711. The molecule has 0 aliphatic heterocycles. The van der Waals surface area contributed by atoms with E-state index in [1.807, 2.05) is 19.9 Å². The summed E-state index contributed by atoms with van der Waals surface area (Å²) in [5, 5.41) is 3.02. The SMILES string of the molecule is CCN(CC)C(=O)c1ccnc(Nc2cccc(C(C)=O)c2)n1. The van der Waals surface area contributed by atoms with Crippen molar-refractivity contribution in [1.82, 2.24) is 14.9 Å². The van der Waals surface area contributed by atoms with Crippen molar-refractivity contribution in [2.24, 2.45) is 0 Å². The number of ketones is 1. The van der Waals surface area contributed by atoms with Gasteiger partial charge in [-0.1, -0.05) is 12.1 Å². The molecular weight excluding hydrogens is 292 g/mol.